The summed E-state index contributed by atoms with van der Waals surface area (Å²) in [4.78, 5) is 23.6. The number of hydrogen-bond acceptors (Lipinski definition) is 5. The second-order valence-electron chi connectivity index (χ2n) is 6.53. The van der Waals surface area contributed by atoms with Gasteiger partial charge in [0, 0.05) is 24.3 Å². The molecule has 1 fully saturated rings. The summed E-state index contributed by atoms with van der Waals surface area (Å²) in [5, 5.41) is 7.64. The van der Waals surface area contributed by atoms with Crippen molar-refractivity contribution < 1.29 is 9.21 Å². The smallest absolute Gasteiger partial charge is 0.272 e. The number of aromatic nitrogens is 4. The van der Waals surface area contributed by atoms with Gasteiger partial charge in [-0.15, -0.1) is 0 Å². The minimum atomic E-state index is -0.0784. The molecule has 1 amide bonds. The van der Waals surface area contributed by atoms with Gasteiger partial charge >= 0.3 is 0 Å². The maximum absolute atomic E-state index is 12.8. The molecule has 7 heteroatoms. The maximum atomic E-state index is 12.8. The molecule has 24 heavy (non-hydrogen) atoms. The van der Waals surface area contributed by atoms with Crippen LogP contribution in [0.25, 0.3) is 11.0 Å². The molecule has 2 aliphatic rings. The number of carbonyl (C=O) groups is 1. The van der Waals surface area contributed by atoms with Gasteiger partial charge in [-0.05, 0) is 25.0 Å². The van der Waals surface area contributed by atoms with E-state index >= 15 is 0 Å². The zero-order valence-electron chi connectivity index (χ0n) is 13.2. The van der Waals surface area contributed by atoms with Crippen LogP contribution in [0.4, 0.5) is 0 Å². The van der Waals surface area contributed by atoms with Gasteiger partial charge in [0.25, 0.3) is 5.91 Å². The van der Waals surface area contributed by atoms with E-state index in [1.54, 1.807) is 17.2 Å². The first-order chi connectivity index (χ1) is 11.8. The Morgan fingerprint density at radius 1 is 1.29 bits per heavy atom. The number of pyridine rings is 1. The summed E-state index contributed by atoms with van der Waals surface area (Å²) in [6.07, 6.45) is 5.99. The highest BCUT2D eigenvalue weighted by atomic mass is 16.4. The number of carbonyl (C=O) groups excluding carboxylic acids is 1. The average molecular weight is 323 g/mol. The Hall–Kier alpha value is -2.70. The molecule has 122 valence electrons. The summed E-state index contributed by atoms with van der Waals surface area (Å²) in [6.45, 7) is 1.13. The third-order valence-electron chi connectivity index (χ3n) is 5.01. The molecule has 3 aromatic rings. The highest BCUT2D eigenvalue weighted by Gasteiger charge is 2.30. The van der Waals surface area contributed by atoms with Gasteiger partial charge in [0.2, 0.25) is 0 Å². The Bertz CT molecular complexity index is 924. The zero-order chi connectivity index (χ0) is 16.1. The molecule has 7 nitrogen and oxygen atoms in total. The molecule has 1 aliphatic heterocycles. The minimum absolute atomic E-state index is 0.0784. The first-order valence-electron chi connectivity index (χ1n) is 8.36. The number of nitrogens with one attached hydrogen (secondary N) is 1. The van der Waals surface area contributed by atoms with E-state index in [4.69, 9.17) is 4.42 Å². The number of H-pyrrole nitrogens is 1. The molecule has 0 saturated heterocycles. The Morgan fingerprint density at radius 2 is 2.21 bits per heavy atom. The molecule has 0 atom stereocenters. The van der Waals surface area contributed by atoms with Crippen molar-refractivity contribution in [2.24, 2.45) is 0 Å². The first kappa shape index (κ1) is 13.7. The van der Waals surface area contributed by atoms with Crippen LogP contribution < -0.4 is 0 Å². The Morgan fingerprint density at radius 3 is 3.04 bits per heavy atom. The third kappa shape index (κ3) is 2.11. The van der Waals surface area contributed by atoms with E-state index in [1.807, 2.05) is 6.07 Å². The van der Waals surface area contributed by atoms with Crippen molar-refractivity contribution in [3.05, 3.63) is 41.4 Å². The van der Waals surface area contributed by atoms with Crippen LogP contribution in [0.1, 0.15) is 53.0 Å². The van der Waals surface area contributed by atoms with Crippen molar-refractivity contribution in [1.29, 1.82) is 0 Å². The van der Waals surface area contributed by atoms with Gasteiger partial charge < -0.3 is 9.32 Å². The predicted octanol–water partition coefficient (Wildman–Crippen LogP) is 2.41. The lowest BCUT2D eigenvalue weighted by atomic mass is 9.85. The van der Waals surface area contributed by atoms with Crippen LogP contribution in [0, 0.1) is 0 Å². The number of hydrogen-bond donors (Lipinski definition) is 1. The van der Waals surface area contributed by atoms with Gasteiger partial charge in [-0.2, -0.15) is 5.10 Å². The van der Waals surface area contributed by atoms with Crippen molar-refractivity contribution >= 4 is 16.9 Å². The van der Waals surface area contributed by atoms with Gasteiger partial charge in [-0.3, -0.25) is 9.89 Å². The monoisotopic (exact) mass is 323 g/mol. The van der Waals surface area contributed by atoms with Crippen molar-refractivity contribution in [2.45, 2.75) is 38.1 Å². The lowest BCUT2D eigenvalue weighted by Gasteiger charge is -2.24. The van der Waals surface area contributed by atoms with Crippen molar-refractivity contribution in [1.82, 2.24) is 25.1 Å². The number of rotatable bonds is 2. The Balaban J connectivity index is 1.39. The minimum Gasteiger partial charge on any atom is -0.445 e. The summed E-state index contributed by atoms with van der Waals surface area (Å²) in [7, 11) is 0. The van der Waals surface area contributed by atoms with Crippen LogP contribution in [-0.4, -0.2) is 37.5 Å². The number of oxazole rings is 1. The van der Waals surface area contributed by atoms with Gasteiger partial charge in [0.15, 0.2) is 11.5 Å². The van der Waals surface area contributed by atoms with E-state index in [9.17, 15) is 4.79 Å². The van der Waals surface area contributed by atoms with Gasteiger partial charge in [0.05, 0.1) is 12.7 Å². The average Bonchev–Trinajstić information content (AvgIpc) is 3.17. The Kier molecular flexibility index (Phi) is 2.95. The molecule has 5 rings (SSSR count). The molecular formula is C17H17N5O2. The van der Waals surface area contributed by atoms with Crippen LogP contribution >= 0.6 is 0 Å². The second-order valence-corrected chi connectivity index (χ2v) is 6.53. The third-order valence-corrected chi connectivity index (χ3v) is 5.01. The second kappa shape index (κ2) is 5.15. The normalized spacial score (nSPS) is 17.8. The van der Waals surface area contributed by atoms with E-state index in [1.165, 1.54) is 6.42 Å². The summed E-state index contributed by atoms with van der Waals surface area (Å²) < 4.78 is 5.91. The molecule has 0 aromatic carbocycles. The lowest BCUT2D eigenvalue weighted by Crippen LogP contribution is -2.36. The molecule has 3 aromatic heterocycles. The predicted molar refractivity (Wildman–Crippen MR) is 85.4 cm³/mol. The van der Waals surface area contributed by atoms with Crippen LogP contribution in [0.2, 0.25) is 0 Å². The maximum Gasteiger partial charge on any atom is 0.272 e. The highest BCUT2D eigenvalue weighted by Crippen LogP contribution is 2.37. The zero-order valence-corrected chi connectivity index (χ0v) is 13.2. The molecule has 4 heterocycles. The lowest BCUT2D eigenvalue weighted by molar-refractivity contribution is 0.0722. The van der Waals surface area contributed by atoms with Gasteiger partial charge in [-0.25, -0.2) is 9.97 Å². The summed E-state index contributed by atoms with van der Waals surface area (Å²) in [5.41, 5.74) is 1.96. The number of aromatic amines is 1. The highest BCUT2D eigenvalue weighted by molar-refractivity contribution is 5.94. The fourth-order valence-electron chi connectivity index (χ4n) is 3.33. The first-order valence-corrected chi connectivity index (χ1v) is 8.36. The van der Waals surface area contributed by atoms with E-state index < -0.39 is 0 Å². The number of fused-ring (bicyclic) bond motifs is 2. The van der Waals surface area contributed by atoms with Gasteiger partial charge in [0.1, 0.15) is 17.1 Å². The summed E-state index contributed by atoms with van der Waals surface area (Å²) in [6, 6.07) is 3.61. The molecule has 0 radical (unpaired) electrons. The van der Waals surface area contributed by atoms with Crippen molar-refractivity contribution in [2.75, 3.05) is 6.54 Å². The largest absolute Gasteiger partial charge is 0.445 e. The van der Waals surface area contributed by atoms with Crippen LogP contribution in [-0.2, 0) is 13.0 Å². The summed E-state index contributed by atoms with van der Waals surface area (Å²) >= 11 is 0. The molecule has 1 N–H and O–H groups in total. The van der Waals surface area contributed by atoms with Crippen LogP contribution in [0.15, 0.2) is 22.7 Å². The topological polar surface area (TPSA) is 87.9 Å². The van der Waals surface area contributed by atoms with E-state index in [-0.39, 0.29) is 5.91 Å². The van der Waals surface area contributed by atoms with Crippen LogP contribution in [0.3, 0.4) is 0 Å². The molecular weight excluding hydrogens is 306 g/mol. The molecule has 0 spiro atoms. The van der Waals surface area contributed by atoms with E-state index in [0.29, 0.717) is 36.8 Å². The fraction of sp³-hybridized carbons (Fsp3) is 0.412. The molecule has 0 unspecified atom stereocenters. The van der Waals surface area contributed by atoms with Crippen molar-refractivity contribution in [3.8, 4) is 0 Å². The van der Waals surface area contributed by atoms with E-state index in [0.717, 1.165) is 35.6 Å². The molecule has 1 aliphatic carbocycles. The van der Waals surface area contributed by atoms with Crippen LogP contribution in [0.5, 0.6) is 0 Å². The Labute approximate surface area is 138 Å². The molecule has 0 bridgehead atoms. The SMILES string of the molecule is O=C(c1ccc2cn[nH]c2n1)N1CCc2oc(C3CCC3)nc2C1. The number of amides is 1. The molecule has 1 saturated carbocycles. The van der Waals surface area contributed by atoms with Crippen molar-refractivity contribution in [3.63, 3.8) is 0 Å². The quantitative estimate of drug-likeness (QED) is 0.782. The fourth-order valence-corrected chi connectivity index (χ4v) is 3.33. The number of nitrogens with zero attached hydrogens (tertiary/aromatic N) is 4. The summed E-state index contributed by atoms with van der Waals surface area (Å²) in [5.74, 6) is 2.20. The van der Waals surface area contributed by atoms with E-state index in [2.05, 4.69) is 20.2 Å². The standard InChI is InChI=1S/C17H17N5O2/c23-17(12-5-4-11-8-18-21-15(11)19-12)22-7-6-14-13(9-22)20-16(24-14)10-2-1-3-10/h4-5,8,10H,1-3,6-7,9H2,(H,18,19,21). The van der Waals surface area contributed by atoms with Gasteiger partial charge in [-0.1, -0.05) is 6.42 Å².